The van der Waals surface area contributed by atoms with Gasteiger partial charge in [-0.3, -0.25) is 0 Å². The lowest BCUT2D eigenvalue weighted by Gasteiger charge is -2.01. The van der Waals surface area contributed by atoms with Crippen LogP contribution in [0.4, 0.5) is 0 Å². The molecule has 4 heteroatoms. The molecule has 0 aliphatic heterocycles. The monoisotopic (exact) mass is 309 g/mol. The minimum absolute atomic E-state index is 0.302. The van der Waals surface area contributed by atoms with Gasteiger partial charge in [0.15, 0.2) is 3.77 Å². The Hall–Kier alpha value is -0.0700. The lowest BCUT2D eigenvalue weighted by Crippen LogP contribution is -2.14. The second-order valence-corrected chi connectivity index (χ2v) is 4.23. The molecule has 0 aromatic carbocycles. The van der Waals surface area contributed by atoms with E-state index < -0.39 is 0 Å². The van der Waals surface area contributed by atoms with Gasteiger partial charge in [0.2, 0.25) is 0 Å². The van der Waals surface area contributed by atoms with Crippen molar-refractivity contribution in [3.63, 3.8) is 0 Å². The molecule has 14 heavy (non-hydrogen) atoms. The third-order valence-corrected chi connectivity index (χ3v) is 2.52. The summed E-state index contributed by atoms with van der Waals surface area (Å²) in [6.45, 7) is 2.08. The summed E-state index contributed by atoms with van der Waals surface area (Å²) in [5.41, 5.74) is 0. The van der Waals surface area contributed by atoms with Crippen molar-refractivity contribution < 1.29 is 9.52 Å². The molecule has 1 aromatic rings. The predicted molar refractivity (Wildman–Crippen MR) is 64.1 cm³/mol. The van der Waals surface area contributed by atoms with Gasteiger partial charge in [0.25, 0.3) is 0 Å². The summed E-state index contributed by atoms with van der Waals surface area (Å²) < 4.78 is 6.33. The van der Waals surface area contributed by atoms with Crippen LogP contribution in [0.2, 0.25) is 0 Å². The highest BCUT2D eigenvalue weighted by atomic mass is 127. The molecule has 0 radical (unpaired) electrons. The Morgan fingerprint density at radius 2 is 2.14 bits per heavy atom. The zero-order valence-corrected chi connectivity index (χ0v) is 10.3. The van der Waals surface area contributed by atoms with Crippen molar-refractivity contribution in [2.45, 2.75) is 25.8 Å². The van der Waals surface area contributed by atoms with Crippen molar-refractivity contribution in [3.8, 4) is 0 Å². The molecule has 0 fully saturated rings. The van der Waals surface area contributed by atoms with E-state index in [-0.39, 0.29) is 0 Å². The molecule has 0 bridgehead atoms. The summed E-state index contributed by atoms with van der Waals surface area (Å²) in [6, 6.07) is 3.95. The normalized spacial score (nSPS) is 10.7. The second kappa shape index (κ2) is 7.25. The molecule has 0 amide bonds. The van der Waals surface area contributed by atoms with Crippen LogP contribution in [-0.2, 0) is 6.54 Å². The Bertz CT molecular complexity index is 250. The summed E-state index contributed by atoms with van der Waals surface area (Å²) in [6.07, 6.45) is 3.10. The van der Waals surface area contributed by atoms with Crippen LogP contribution in [0.3, 0.4) is 0 Å². The smallest absolute Gasteiger partial charge is 0.164 e. The van der Waals surface area contributed by atoms with E-state index in [1.807, 2.05) is 12.1 Å². The van der Waals surface area contributed by atoms with E-state index in [1.165, 1.54) is 0 Å². The molecule has 0 atom stereocenters. The Kier molecular flexibility index (Phi) is 6.22. The number of aliphatic hydroxyl groups is 1. The first-order valence-electron chi connectivity index (χ1n) is 4.88. The zero-order valence-electron chi connectivity index (χ0n) is 8.13. The SMILES string of the molecule is OCCCCCNCc1ccc(I)o1. The number of aliphatic hydroxyl groups excluding tert-OH is 1. The molecule has 0 saturated heterocycles. The van der Waals surface area contributed by atoms with E-state index in [1.54, 1.807) is 0 Å². The lowest BCUT2D eigenvalue weighted by molar-refractivity contribution is 0.282. The predicted octanol–water partition coefficient (Wildman–Crippen LogP) is 2.14. The molecule has 0 aliphatic rings. The Morgan fingerprint density at radius 3 is 2.79 bits per heavy atom. The van der Waals surface area contributed by atoms with E-state index in [0.29, 0.717) is 6.61 Å². The fraction of sp³-hybridized carbons (Fsp3) is 0.600. The Labute approximate surface area is 98.0 Å². The molecule has 0 spiro atoms. The lowest BCUT2D eigenvalue weighted by atomic mass is 10.2. The van der Waals surface area contributed by atoms with Crippen LogP contribution in [0.1, 0.15) is 25.0 Å². The largest absolute Gasteiger partial charge is 0.454 e. The molecule has 0 aliphatic carbocycles. The van der Waals surface area contributed by atoms with Crippen LogP contribution in [0.15, 0.2) is 16.5 Å². The van der Waals surface area contributed by atoms with E-state index in [4.69, 9.17) is 9.52 Å². The topological polar surface area (TPSA) is 45.4 Å². The maximum Gasteiger partial charge on any atom is 0.164 e. The summed E-state index contributed by atoms with van der Waals surface area (Å²) in [5.74, 6) is 0.983. The highest BCUT2D eigenvalue weighted by molar-refractivity contribution is 14.1. The van der Waals surface area contributed by atoms with E-state index in [0.717, 1.165) is 41.9 Å². The van der Waals surface area contributed by atoms with Crippen molar-refractivity contribution in [2.24, 2.45) is 0 Å². The molecular formula is C10H16INO2. The third kappa shape index (κ3) is 4.97. The zero-order chi connectivity index (χ0) is 10.2. The van der Waals surface area contributed by atoms with Crippen LogP contribution in [0.25, 0.3) is 0 Å². The molecule has 1 rings (SSSR count). The fourth-order valence-corrected chi connectivity index (χ4v) is 1.66. The van der Waals surface area contributed by atoms with Gasteiger partial charge in [0, 0.05) is 6.61 Å². The maximum atomic E-state index is 8.57. The van der Waals surface area contributed by atoms with Crippen molar-refractivity contribution in [1.29, 1.82) is 0 Å². The summed E-state index contributed by atoms with van der Waals surface area (Å²) in [4.78, 5) is 0. The average Bonchev–Trinajstić information content (AvgIpc) is 2.58. The highest BCUT2D eigenvalue weighted by Crippen LogP contribution is 2.09. The number of nitrogens with one attached hydrogen (secondary N) is 1. The van der Waals surface area contributed by atoms with E-state index >= 15 is 0 Å². The van der Waals surface area contributed by atoms with Gasteiger partial charge in [-0.15, -0.1) is 0 Å². The fourth-order valence-electron chi connectivity index (χ4n) is 1.20. The summed E-state index contributed by atoms with van der Waals surface area (Å²) in [7, 11) is 0. The van der Waals surface area contributed by atoms with E-state index in [2.05, 4.69) is 27.9 Å². The van der Waals surface area contributed by atoms with Crippen LogP contribution in [0, 0.1) is 3.77 Å². The number of hydrogen-bond donors (Lipinski definition) is 2. The average molecular weight is 309 g/mol. The molecule has 3 nitrogen and oxygen atoms in total. The Morgan fingerprint density at radius 1 is 1.29 bits per heavy atom. The van der Waals surface area contributed by atoms with Gasteiger partial charge in [-0.1, -0.05) is 0 Å². The molecule has 0 unspecified atom stereocenters. The quantitative estimate of drug-likeness (QED) is 0.599. The van der Waals surface area contributed by atoms with Crippen LogP contribution in [-0.4, -0.2) is 18.3 Å². The third-order valence-electron chi connectivity index (χ3n) is 1.94. The van der Waals surface area contributed by atoms with Gasteiger partial charge in [-0.2, -0.15) is 0 Å². The van der Waals surface area contributed by atoms with Crippen molar-refractivity contribution >= 4 is 22.6 Å². The van der Waals surface area contributed by atoms with E-state index in [9.17, 15) is 0 Å². The maximum absolute atomic E-state index is 8.57. The Balaban J connectivity index is 1.99. The molecule has 80 valence electrons. The molecule has 0 saturated carbocycles. The van der Waals surface area contributed by atoms with Gasteiger partial charge in [-0.05, 0) is 60.5 Å². The summed E-state index contributed by atoms with van der Waals surface area (Å²) >= 11 is 2.16. The van der Waals surface area contributed by atoms with Crippen molar-refractivity contribution in [2.75, 3.05) is 13.2 Å². The minimum Gasteiger partial charge on any atom is -0.454 e. The number of rotatable bonds is 7. The highest BCUT2D eigenvalue weighted by Gasteiger charge is 1.97. The first kappa shape index (κ1) is 12.0. The summed E-state index contributed by atoms with van der Waals surface area (Å²) in [5, 5.41) is 11.9. The number of halogens is 1. The van der Waals surface area contributed by atoms with Gasteiger partial charge < -0.3 is 14.8 Å². The van der Waals surface area contributed by atoms with Gasteiger partial charge in [-0.25, -0.2) is 0 Å². The van der Waals surface area contributed by atoms with Crippen LogP contribution < -0.4 is 5.32 Å². The standard InChI is InChI=1S/C10H16INO2/c11-10-5-4-9(14-10)8-12-6-2-1-3-7-13/h4-5,12-13H,1-3,6-8H2. The van der Waals surface area contributed by atoms with Gasteiger partial charge in [0.05, 0.1) is 6.54 Å². The van der Waals surface area contributed by atoms with Crippen LogP contribution in [0.5, 0.6) is 0 Å². The first-order valence-corrected chi connectivity index (χ1v) is 5.96. The number of hydrogen-bond acceptors (Lipinski definition) is 3. The molecular weight excluding hydrogens is 293 g/mol. The molecule has 1 aromatic heterocycles. The molecule has 1 heterocycles. The van der Waals surface area contributed by atoms with Gasteiger partial charge >= 0.3 is 0 Å². The number of unbranched alkanes of at least 4 members (excludes halogenated alkanes) is 2. The van der Waals surface area contributed by atoms with Gasteiger partial charge in [0.1, 0.15) is 5.76 Å². The number of furan rings is 1. The van der Waals surface area contributed by atoms with Crippen LogP contribution >= 0.6 is 22.6 Å². The second-order valence-electron chi connectivity index (χ2n) is 3.17. The van der Waals surface area contributed by atoms with Crippen molar-refractivity contribution in [3.05, 3.63) is 21.7 Å². The molecule has 2 N–H and O–H groups in total. The first-order chi connectivity index (χ1) is 6.83. The van der Waals surface area contributed by atoms with Crippen molar-refractivity contribution in [1.82, 2.24) is 5.32 Å². The minimum atomic E-state index is 0.302.